The number of anilines is 1. The van der Waals surface area contributed by atoms with Crippen LogP contribution in [-0.2, 0) is 9.59 Å². The predicted octanol–water partition coefficient (Wildman–Crippen LogP) is 2.83. The summed E-state index contributed by atoms with van der Waals surface area (Å²) in [6.45, 7) is 5.65. The molecule has 0 bridgehead atoms. The van der Waals surface area contributed by atoms with Crippen molar-refractivity contribution in [2.45, 2.75) is 19.4 Å². The number of hydrogen-bond donors (Lipinski definition) is 0. The summed E-state index contributed by atoms with van der Waals surface area (Å²) in [6, 6.07) is 14.4. The Labute approximate surface area is 163 Å². The van der Waals surface area contributed by atoms with Gasteiger partial charge in [-0.3, -0.25) is 14.4 Å². The Morgan fingerprint density at radius 3 is 2.54 bits per heavy atom. The molecule has 1 heterocycles. The van der Waals surface area contributed by atoms with Crippen LogP contribution >= 0.6 is 0 Å². The fourth-order valence-electron chi connectivity index (χ4n) is 3.27. The Kier molecular flexibility index (Phi) is 5.37. The van der Waals surface area contributed by atoms with E-state index in [0.29, 0.717) is 16.8 Å². The van der Waals surface area contributed by atoms with Crippen molar-refractivity contribution in [1.29, 1.82) is 5.26 Å². The first-order valence-electron chi connectivity index (χ1n) is 8.82. The van der Waals surface area contributed by atoms with E-state index in [1.807, 2.05) is 25.1 Å². The van der Waals surface area contributed by atoms with E-state index in [1.54, 1.807) is 36.4 Å². The van der Waals surface area contributed by atoms with E-state index in [9.17, 15) is 14.4 Å². The number of hydrogen-bond acceptors (Lipinski definition) is 4. The van der Waals surface area contributed by atoms with Crippen molar-refractivity contribution in [3.63, 3.8) is 0 Å². The van der Waals surface area contributed by atoms with Crippen LogP contribution in [-0.4, -0.2) is 35.2 Å². The van der Waals surface area contributed by atoms with Crippen LogP contribution in [0.2, 0.25) is 0 Å². The van der Waals surface area contributed by atoms with Gasteiger partial charge in [-0.1, -0.05) is 24.3 Å². The molecule has 1 aliphatic heterocycles. The van der Waals surface area contributed by atoms with Crippen LogP contribution in [0.3, 0.4) is 0 Å². The average Bonchev–Trinajstić information content (AvgIpc) is 3.00. The van der Waals surface area contributed by atoms with Crippen molar-refractivity contribution in [1.82, 2.24) is 4.90 Å². The molecule has 3 rings (SSSR count). The molecule has 6 nitrogen and oxygen atoms in total. The maximum absolute atomic E-state index is 13.1. The molecule has 0 radical (unpaired) electrons. The van der Waals surface area contributed by atoms with Crippen LogP contribution in [0, 0.1) is 18.3 Å². The maximum atomic E-state index is 13.1. The second-order valence-corrected chi connectivity index (χ2v) is 6.51. The Balaban J connectivity index is 1.92. The average molecular weight is 373 g/mol. The summed E-state index contributed by atoms with van der Waals surface area (Å²) >= 11 is 0. The van der Waals surface area contributed by atoms with E-state index in [-0.39, 0.29) is 24.8 Å². The summed E-state index contributed by atoms with van der Waals surface area (Å²) in [5.74, 6) is -1.16. The van der Waals surface area contributed by atoms with E-state index < -0.39 is 11.9 Å². The van der Waals surface area contributed by atoms with Gasteiger partial charge >= 0.3 is 0 Å². The number of carbonyl (C=O) groups excluding carboxylic acids is 3. The SMILES string of the molecule is C=CCN(C(=O)c1ccccc1C)C1CC(=O)N(c2ccc(C#N)cc2)C1=O. The van der Waals surface area contributed by atoms with Crippen LogP contribution in [0.25, 0.3) is 0 Å². The molecule has 0 aliphatic carbocycles. The molecule has 3 amide bonds. The molecule has 0 spiro atoms. The molecule has 28 heavy (non-hydrogen) atoms. The fraction of sp³-hybridized carbons (Fsp3) is 0.182. The number of nitrogens with zero attached hydrogens (tertiary/aromatic N) is 3. The molecule has 1 atom stereocenters. The molecule has 2 aromatic rings. The van der Waals surface area contributed by atoms with Gasteiger partial charge in [0.2, 0.25) is 5.91 Å². The van der Waals surface area contributed by atoms with Gasteiger partial charge in [-0.2, -0.15) is 5.26 Å². The third-order valence-electron chi connectivity index (χ3n) is 4.72. The highest BCUT2D eigenvalue weighted by Gasteiger charge is 2.44. The molecule has 140 valence electrons. The maximum Gasteiger partial charge on any atom is 0.257 e. The highest BCUT2D eigenvalue weighted by atomic mass is 16.2. The van der Waals surface area contributed by atoms with Gasteiger partial charge in [0.05, 0.1) is 23.7 Å². The van der Waals surface area contributed by atoms with Crippen LogP contribution in [0.15, 0.2) is 61.2 Å². The minimum Gasteiger partial charge on any atom is -0.322 e. The summed E-state index contributed by atoms with van der Waals surface area (Å²) in [6.07, 6.45) is 1.45. The molecule has 1 saturated heterocycles. The highest BCUT2D eigenvalue weighted by molar-refractivity contribution is 6.23. The normalized spacial score (nSPS) is 16.0. The number of aryl methyl sites for hydroxylation is 1. The van der Waals surface area contributed by atoms with Crippen molar-refractivity contribution < 1.29 is 14.4 Å². The molecule has 1 fully saturated rings. The summed E-state index contributed by atoms with van der Waals surface area (Å²) in [5.41, 5.74) is 2.10. The molecule has 2 aromatic carbocycles. The lowest BCUT2D eigenvalue weighted by Gasteiger charge is -2.27. The molecule has 0 aromatic heterocycles. The third kappa shape index (κ3) is 3.42. The lowest BCUT2D eigenvalue weighted by atomic mass is 10.1. The monoisotopic (exact) mass is 373 g/mol. The first-order chi connectivity index (χ1) is 13.5. The smallest absolute Gasteiger partial charge is 0.257 e. The highest BCUT2D eigenvalue weighted by Crippen LogP contribution is 2.27. The summed E-state index contributed by atoms with van der Waals surface area (Å²) in [5, 5.41) is 8.91. The Bertz CT molecular complexity index is 989. The van der Waals surface area contributed by atoms with E-state index in [4.69, 9.17) is 5.26 Å². The Morgan fingerprint density at radius 2 is 1.93 bits per heavy atom. The number of benzene rings is 2. The first-order valence-corrected chi connectivity index (χ1v) is 8.82. The molecule has 6 heteroatoms. The number of nitriles is 1. The first kappa shape index (κ1) is 19.1. The summed E-state index contributed by atoms with van der Waals surface area (Å²) < 4.78 is 0. The Morgan fingerprint density at radius 1 is 1.25 bits per heavy atom. The van der Waals surface area contributed by atoms with Gasteiger partial charge in [-0.25, -0.2) is 4.90 Å². The minimum absolute atomic E-state index is 0.0930. The molecular formula is C22H19N3O3. The standard InChI is InChI=1S/C22H19N3O3/c1-3-12-24(21(27)18-7-5-4-6-15(18)2)19-13-20(26)25(22(19)28)17-10-8-16(14-23)9-11-17/h3-11,19H,1,12-13H2,2H3. The van der Waals surface area contributed by atoms with Crippen molar-refractivity contribution >= 4 is 23.4 Å². The van der Waals surface area contributed by atoms with Gasteiger partial charge in [-0.15, -0.1) is 6.58 Å². The van der Waals surface area contributed by atoms with E-state index in [2.05, 4.69) is 6.58 Å². The molecule has 0 N–H and O–H groups in total. The fourth-order valence-corrected chi connectivity index (χ4v) is 3.27. The zero-order valence-corrected chi connectivity index (χ0v) is 15.5. The second-order valence-electron chi connectivity index (χ2n) is 6.51. The molecule has 0 saturated carbocycles. The van der Waals surface area contributed by atoms with Crippen LogP contribution < -0.4 is 4.90 Å². The van der Waals surface area contributed by atoms with E-state index in [0.717, 1.165) is 10.5 Å². The topological polar surface area (TPSA) is 81.5 Å². The lowest BCUT2D eigenvalue weighted by Crippen LogP contribution is -2.45. The summed E-state index contributed by atoms with van der Waals surface area (Å²) in [4.78, 5) is 41.1. The van der Waals surface area contributed by atoms with E-state index in [1.165, 1.54) is 11.0 Å². The van der Waals surface area contributed by atoms with Crippen LogP contribution in [0.4, 0.5) is 5.69 Å². The van der Waals surface area contributed by atoms with Crippen molar-refractivity contribution in [2.75, 3.05) is 11.4 Å². The Hall–Kier alpha value is -3.72. The number of carbonyl (C=O) groups is 3. The van der Waals surface area contributed by atoms with E-state index >= 15 is 0 Å². The molecule has 1 aliphatic rings. The van der Waals surface area contributed by atoms with Crippen LogP contribution in [0.1, 0.15) is 27.9 Å². The predicted molar refractivity (Wildman–Crippen MR) is 104 cm³/mol. The van der Waals surface area contributed by atoms with Crippen molar-refractivity contribution in [3.05, 3.63) is 77.9 Å². The van der Waals surface area contributed by atoms with Gasteiger partial charge in [0.25, 0.3) is 11.8 Å². The zero-order chi connectivity index (χ0) is 20.3. The second kappa shape index (κ2) is 7.89. The number of imide groups is 1. The van der Waals surface area contributed by atoms with Gasteiger partial charge in [0, 0.05) is 12.1 Å². The minimum atomic E-state index is -0.895. The van der Waals surface area contributed by atoms with Crippen LogP contribution in [0.5, 0.6) is 0 Å². The van der Waals surface area contributed by atoms with Gasteiger partial charge in [0.15, 0.2) is 0 Å². The van der Waals surface area contributed by atoms with Gasteiger partial charge < -0.3 is 4.90 Å². The quantitative estimate of drug-likeness (QED) is 0.596. The largest absolute Gasteiger partial charge is 0.322 e. The van der Waals surface area contributed by atoms with Gasteiger partial charge in [-0.05, 0) is 42.8 Å². The number of amides is 3. The van der Waals surface area contributed by atoms with Gasteiger partial charge in [0.1, 0.15) is 6.04 Å². The summed E-state index contributed by atoms with van der Waals surface area (Å²) in [7, 11) is 0. The van der Waals surface area contributed by atoms with Crippen molar-refractivity contribution in [3.8, 4) is 6.07 Å². The zero-order valence-electron chi connectivity index (χ0n) is 15.5. The number of rotatable bonds is 5. The molecule has 1 unspecified atom stereocenters. The molecular weight excluding hydrogens is 354 g/mol. The van der Waals surface area contributed by atoms with Crippen molar-refractivity contribution in [2.24, 2.45) is 0 Å². The third-order valence-corrected chi connectivity index (χ3v) is 4.72. The lowest BCUT2D eigenvalue weighted by molar-refractivity contribution is -0.122.